The highest BCUT2D eigenvalue weighted by atomic mass is 32.2. The van der Waals surface area contributed by atoms with Gasteiger partial charge in [-0.05, 0) is 108 Å². The molecule has 3 aliphatic heterocycles. The Morgan fingerprint density at radius 3 is 1.75 bits per heavy atom. The van der Waals surface area contributed by atoms with E-state index in [9.17, 15) is 72.7 Å². The molecule has 0 unspecified atom stereocenters. The molecule has 6 aromatic rings. The van der Waals surface area contributed by atoms with Crippen molar-refractivity contribution in [3.05, 3.63) is 173 Å². The van der Waals surface area contributed by atoms with Gasteiger partial charge in [-0.25, -0.2) is 17.6 Å². The number of carboxylic acids is 2. The maximum Gasteiger partial charge on any atom is 0.305 e. The molecule has 0 saturated carbocycles. The lowest BCUT2D eigenvalue weighted by Gasteiger charge is -2.38. The number of aliphatic hydroxyl groups is 2. The van der Waals surface area contributed by atoms with E-state index in [0.29, 0.717) is 52.3 Å². The molecule has 1 aromatic heterocycles. The topological polar surface area (TPSA) is 558 Å². The number of aromatic nitrogens is 1. The number of likely N-dealkylation sites (N-methyl/N-ethyl adjacent to an activating group) is 3. The maximum atomic E-state index is 15.7. The van der Waals surface area contributed by atoms with E-state index in [1.165, 1.54) is 57.3 Å². The fourth-order valence-electron chi connectivity index (χ4n) is 16.1. The minimum atomic E-state index is -2.09. The van der Waals surface area contributed by atoms with Gasteiger partial charge in [0.05, 0.1) is 31.4 Å². The number of carbonyl (C=O) groups excluding carboxylic acids is 15. The Hall–Kier alpha value is -13.6. The second kappa shape index (κ2) is 48.7. The van der Waals surface area contributed by atoms with Gasteiger partial charge >= 0.3 is 11.9 Å². The number of nitrogens with two attached hydrogens (primary N) is 1. The molecule has 9 rings (SSSR count). The Bertz CT molecular complexity index is 5250. The third kappa shape index (κ3) is 28.5. The summed E-state index contributed by atoms with van der Waals surface area (Å²) in [6.45, 7) is 1.78. The SMILES string of the molecule is CCCC[C@H]1C(=O)N2C[C@@H](O)C[C@@H]2C(=O)N[C@@H](CC(=O)O)C(=O)N[C@H](C(C)C)C(=O)N(C)[C@@H](Cc2ccccc2)C(=O)N[C@@H](CCC(=O)O)C(=O)N2CCCC[C@@H]2C(=O)N[C@H](Cc2c[nH]c3ccccc23)C(=O)N[C@@H](Cc2ccc(O)cc2)C(=O)N[C@@H](CO)C(=O)N[C@H](C(=O)NCC(N)=O)CSCC(=O)N[C@@H](Cc2cc(F)c(F)c(F)c2)C(=O)N(C)[C@@H](Cc2ccc(F)cc2)C(=O)N1C. The first-order valence-electron chi connectivity index (χ1n) is 43.6. The molecule has 38 nitrogen and oxygen atoms in total. The quantitative estimate of drug-likeness (QED) is 0.0300. The number of hydrogen-bond donors (Lipinski definition) is 16. The predicted octanol–water partition coefficient (Wildman–Crippen LogP) is 0.172. The fourth-order valence-corrected chi connectivity index (χ4v) is 17.0. The summed E-state index contributed by atoms with van der Waals surface area (Å²) in [5, 5.41) is 76.0. The van der Waals surface area contributed by atoms with E-state index < -0.39 is 296 Å². The number of unbranched alkanes of at least 4 members (excludes halogenated alkanes) is 1. The normalized spacial score (nSPS) is 24.1. The number of thioether (sulfide) groups is 1. The zero-order valence-corrected chi connectivity index (χ0v) is 75.3. The minimum Gasteiger partial charge on any atom is -0.508 e. The first-order chi connectivity index (χ1) is 63.6. The van der Waals surface area contributed by atoms with E-state index in [2.05, 4.69) is 52.8 Å². The second-order valence-electron chi connectivity index (χ2n) is 33.6. The van der Waals surface area contributed by atoms with Crippen LogP contribution in [-0.4, -0.2) is 299 Å². The van der Waals surface area contributed by atoms with Crippen molar-refractivity contribution >= 4 is 123 Å². The zero-order valence-electron chi connectivity index (χ0n) is 74.5. The van der Waals surface area contributed by atoms with E-state index in [4.69, 9.17) is 5.73 Å². The van der Waals surface area contributed by atoms with Crippen molar-refractivity contribution in [1.29, 1.82) is 0 Å². The van der Waals surface area contributed by atoms with Crippen LogP contribution in [0.4, 0.5) is 17.6 Å². The third-order valence-corrected chi connectivity index (χ3v) is 24.5. The van der Waals surface area contributed by atoms with Gasteiger partial charge in [0.2, 0.25) is 88.6 Å². The highest BCUT2D eigenvalue weighted by molar-refractivity contribution is 8.00. The number of nitrogens with zero attached hydrogens (tertiary/aromatic N) is 5. The summed E-state index contributed by atoms with van der Waals surface area (Å²) in [5.41, 5.74) is 6.79. The molecule has 5 aromatic carbocycles. The van der Waals surface area contributed by atoms with Crippen LogP contribution < -0.4 is 53.6 Å². The number of para-hydroxylation sites is 1. The van der Waals surface area contributed by atoms with Crippen molar-refractivity contribution in [2.45, 2.75) is 202 Å². The average molecular weight is 1890 g/mol. The number of phenolic OH excluding ortho intramolecular Hbond substituents is 1. The Kier molecular flexibility index (Phi) is 37.9. The van der Waals surface area contributed by atoms with Crippen molar-refractivity contribution in [2.75, 3.05) is 58.9 Å². The van der Waals surface area contributed by atoms with Crippen molar-refractivity contribution in [3.63, 3.8) is 0 Å². The highest BCUT2D eigenvalue weighted by Crippen LogP contribution is 2.29. The lowest BCUT2D eigenvalue weighted by molar-refractivity contribution is -0.152. The van der Waals surface area contributed by atoms with Crippen LogP contribution in [0.2, 0.25) is 0 Å². The number of carbonyl (C=O) groups is 17. The number of phenols is 1. The van der Waals surface area contributed by atoms with E-state index in [1.807, 2.05) is 0 Å². The van der Waals surface area contributed by atoms with Gasteiger partial charge in [0.15, 0.2) is 17.5 Å². The average Bonchev–Trinajstić information content (AvgIpc) is 1.69. The number of aliphatic hydroxyl groups excluding tert-OH is 2. The van der Waals surface area contributed by atoms with Crippen LogP contribution in [-0.2, 0) is 114 Å². The number of piperidine rings is 1. The maximum absolute atomic E-state index is 15.7. The Balaban J connectivity index is 1.14. The van der Waals surface area contributed by atoms with E-state index in [-0.39, 0.29) is 68.4 Å². The number of aromatic hydroxyl groups is 1. The zero-order chi connectivity index (χ0) is 98.1. The lowest BCUT2D eigenvalue weighted by Crippen LogP contribution is -2.63. The summed E-state index contributed by atoms with van der Waals surface area (Å²) >= 11 is 0.555. The van der Waals surface area contributed by atoms with E-state index >= 15 is 51.9 Å². The summed E-state index contributed by atoms with van der Waals surface area (Å²) < 4.78 is 59.6. The smallest absolute Gasteiger partial charge is 0.305 e. The van der Waals surface area contributed by atoms with Gasteiger partial charge in [-0.3, -0.25) is 81.5 Å². The number of aliphatic carboxylic acids is 2. The van der Waals surface area contributed by atoms with Crippen LogP contribution >= 0.6 is 11.8 Å². The molecular formula is C91H112F4N16O22S. The largest absolute Gasteiger partial charge is 0.508 e. The number of primary amides is 1. The molecule has 0 aliphatic carbocycles. The van der Waals surface area contributed by atoms with Crippen molar-refractivity contribution in [2.24, 2.45) is 11.7 Å². The number of fused-ring (bicyclic) bond motifs is 3. The number of aromatic amines is 1. The van der Waals surface area contributed by atoms with Crippen molar-refractivity contribution in [3.8, 4) is 5.75 Å². The molecule has 0 radical (unpaired) electrons. The number of nitrogens with one attached hydrogen (secondary N) is 10. The van der Waals surface area contributed by atoms with Gasteiger partial charge in [-0.2, -0.15) is 0 Å². The standard InChI is InChI=1S/C91H112F4N16O22S/c1-7-8-20-69-90(132)111-44-56(114)40-71(111)86(128)103-64(41-76(119)120)82(124)106-78(48(2)3)91(133)108(5)70(37-49-16-10-9-11-17-49)85(127)100-61(30-31-75(117)118)88(130)110-32-15-14-21-68(110)84(126)102-63(39-53-42-97-60-19-13-12-18-57(53)60)81(123)101-62(35-50-24-28-55(113)29-25-50)80(122)104-66(45-112)83(125)105-67(79(121)98-43-73(96)115)46-134-47-74(116)99-65(36-52-33-58(93)77(95)59(94)34-52)87(129)109(6)72(89(131)107(69)4)38-51-22-26-54(92)27-23-51/h9-13,16-19,22-29,33-34,42,48,56,61-72,78,97,112-114H,7-8,14-15,20-21,30-32,35-41,43-47H2,1-6H3,(H2,96,115)(H,98,121)(H,99,116)(H,100,127)(H,101,123)(H,102,126)(H,103,128)(H,104,122)(H,105,125)(H,106,124)(H,117,118)(H,119,120)/t56-,61-,62-,63+,64-,65-,66-,67-,68+,69-,70-,71+,72-,78+/m0/s1. The van der Waals surface area contributed by atoms with Crippen LogP contribution in [0.25, 0.3) is 10.9 Å². The number of hydrogen-bond acceptors (Lipinski definition) is 21. The molecule has 43 heteroatoms. The van der Waals surface area contributed by atoms with E-state index in [1.54, 1.807) is 67.7 Å². The predicted molar refractivity (Wildman–Crippen MR) is 475 cm³/mol. The number of halogens is 4. The van der Waals surface area contributed by atoms with Gasteiger partial charge in [-0.1, -0.05) is 106 Å². The number of amides is 15. The molecular weight excluding hydrogens is 1780 g/mol. The van der Waals surface area contributed by atoms with E-state index in [0.717, 1.165) is 50.7 Å². The van der Waals surface area contributed by atoms with Gasteiger partial charge in [0.1, 0.15) is 90.1 Å². The number of rotatable bonds is 23. The summed E-state index contributed by atoms with van der Waals surface area (Å²) in [6, 6.07) is 2.50. The Labute approximate surface area is 772 Å². The molecule has 3 fully saturated rings. The second-order valence-corrected chi connectivity index (χ2v) is 34.7. The minimum absolute atomic E-state index is 0.0929. The van der Waals surface area contributed by atoms with Crippen molar-refractivity contribution < 1.29 is 125 Å². The van der Waals surface area contributed by atoms with Crippen LogP contribution in [0.15, 0.2) is 121 Å². The van der Waals surface area contributed by atoms with Gasteiger partial charge in [-0.15, -0.1) is 11.8 Å². The fraction of sp³-hybridized carbons (Fsp3) is 0.462. The monoisotopic (exact) mass is 1890 g/mol. The molecule has 3 aliphatic rings. The van der Waals surface area contributed by atoms with Crippen LogP contribution in [0.5, 0.6) is 5.75 Å². The summed E-state index contributed by atoms with van der Waals surface area (Å²) in [7, 11) is 3.41. The molecule has 14 atom stereocenters. The van der Waals surface area contributed by atoms with Crippen molar-refractivity contribution in [1.82, 2.24) is 77.3 Å². The summed E-state index contributed by atoms with van der Waals surface area (Å²) in [6.07, 6.45) is -4.84. The van der Waals surface area contributed by atoms with Gasteiger partial charge in [0, 0.05) is 102 Å². The summed E-state index contributed by atoms with van der Waals surface area (Å²) in [5.74, 6) is -28.6. The first-order valence-corrected chi connectivity index (χ1v) is 44.7. The molecule has 0 bridgehead atoms. The number of benzene rings is 5. The molecule has 17 N–H and O–H groups in total. The molecule has 15 amide bonds. The van der Waals surface area contributed by atoms with Gasteiger partial charge in [0.25, 0.3) is 0 Å². The lowest BCUT2D eigenvalue weighted by atomic mass is 9.97. The molecule has 722 valence electrons. The number of carboxylic acid groups (broad SMARTS) is 2. The summed E-state index contributed by atoms with van der Waals surface area (Å²) in [4.78, 5) is 256. The van der Waals surface area contributed by atoms with Crippen LogP contribution in [0, 0.1) is 29.2 Å². The Morgan fingerprint density at radius 2 is 1.10 bits per heavy atom. The molecule has 134 heavy (non-hydrogen) atoms. The molecule has 4 heterocycles. The Morgan fingerprint density at radius 1 is 0.545 bits per heavy atom. The van der Waals surface area contributed by atoms with Crippen LogP contribution in [0.1, 0.15) is 113 Å². The molecule has 0 spiro atoms. The first kappa shape index (κ1) is 104. The van der Waals surface area contributed by atoms with Gasteiger partial charge < -0.3 is 109 Å². The number of H-pyrrole nitrogens is 1. The third-order valence-electron chi connectivity index (χ3n) is 23.5. The highest BCUT2D eigenvalue weighted by Gasteiger charge is 2.48. The molecule has 3 saturated heterocycles. The van der Waals surface area contributed by atoms with Crippen LogP contribution in [0.3, 0.4) is 0 Å².